The first-order valence-corrected chi connectivity index (χ1v) is 17.6. The molecule has 53 heavy (non-hydrogen) atoms. The molecule has 5 heterocycles. The quantitative estimate of drug-likeness (QED) is 0.126. The third-order valence-corrected chi connectivity index (χ3v) is 10.5. The Labute approximate surface area is 305 Å². The number of nitrogens with one attached hydrogen (secondary N) is 4. The summed E-state index contributed by atoms with van der Waals surface area (Å²) in [5.74, 6) is -2.54. The lowest BCUT2D eigenvalue weighted by atomic mass is 9.82. The van der Waals surface area contributed by atoms with E-state index in [1.807, 2.05) is 48.8 Å². The van der Waals surface area contributed by atoms with Gasteiger partial charge in [-0.2, -0.15) is 0 Å². The molecule has 2 fully saturated rings. The van der Waals surface area contributed by atoms with Crippen LogP contribution < -0.4 is 21.3 Å². The van der Waals surface area contributed by atoms with Gasteiger partial charge in [0.15, 0.2) is 0 Å². The molecule has 5 amide bonds. The van der Waals surface area contributed by atoms with E-state index in [0.29, 0.717) is 11.4 Å². The van der Waals surface area contributed by atoms with Crippen molar-refractivity contribution in [2.75, 3.05) is 29.1 Å². The first-order chi connectivity index (χ1) is 25.8. The molecule has 3 aromatic carbocycles. The van der Waals surface area contributed by atoms with Crippen LogP contribution in [0.5, 0.6) is 0 Å². The normalized spacial score (nSPS) is 22.2. The van der Waals surface area contributed by atoms with E-state index in [0.717, 1.165) is 41.2 Å². The van der Waals surface area contributed by atoms with Gasteiger partial charge in [-0.3, -0.25) is 44.1 Å². The van der Waals surface area contributed by atoms with Gasteiger partial charge >= 0.3 is 0 Å². The Morgan fingerprint density at radius 2 is 1.75 bits per heavy atom. The molecule has 8 rings (SSSR count). The van der Waals surface area contributed by atoms with Crippen LogP contribution >= 0.6 is 0 Å². The minimum atomic E-state index is -1.08. The number of pyridine rings is 1. The number of aromatic nitrogens is 1. The monoisotopic (exact) mass is 711 g/mol. The Hall–Kier alpha value is -6.18. The summed E-state index contributed by atoms with van der Waals surface area (Å²) in [7, 11) is 0. The summed E-state index contributed by atoms with van der Waals surface area (Å²) < 4.78 is 0. The molecule has 4 aliphatic heterocycles. The number of anilines is 3. The fraction of sp³-hybridized carbons (Fsp3) is 0.250. The topological polar surface area (TPSA) is 173 Å². The van der Waals surface area contributed by atoms with Gasteiger partial charge in [0.2, 0.25) is 17.7 Å². The van der Waals surface area contributed by atoms with Gasteiger partial charge in [0.05, 0.1) is 29.5 Å². The Kier molecular flexibility index (Phi) is 9.02. The number of fused-ring (bicyclic) bond motifs is 4. The van der Waals surface area contributed by atoms with E-state index >= 15 is 0 Å². The van der Waals surface area contributed by atoms with Gasteiger partial charge in [0.25, 0.3) is 11.8 Å². The minimum Gasteiger partial charge on any atom is -0.394 e. The molecule has 2 saturated heterocycles. The van der Waals surface area contributed by atoms with E-state index in [9.17, 15) is 29.1 Å². The van der Waals surface area contributed by atoms with Crippen molar-refractivity contribution in [1.82, 2.24) is 20.1 Å². The molecule has 4 atom stereocenters. The number of carbonyl (C=O) groups is 5. The third-order valence-electron chi connectivity index (χ3n) is 10.5. The Balaban J connectivity index is 0.961. The van der Waals surface area contributed by atoms with Crippen molar-refractivity contribution in [3.8, 4) is 11.1 Å². The highest BCUT2D eigenvalue weighted by molar-refractivity contribution is 6.25. The Morgan fingerprint density at radius 3 is 2.57 bits per heavy atom. The zero-order chi connectivity index (χ0) is 36.6. The fourth-order valence-electron chi connectivity index (χ4n) is 8.04. The molecule has 0 aliphatic carbocycles. The molecule has 0 bridgehead atoms. The molecule has 5 N–H and O–H groups in total. The molecular weight excluding hydrogens is 674 g/mol. The van der Waals surface area contributed by atoms with Crippen LogP contribution in [0.25, 0.3) is 11.1 Å². The van der Waals surface area contributed by atoms with Crippen LogP contribution in [0.4, 0.5) is 17.1 Å². The number of piperidine rings is 1. The highest BCUT2D eigenvalue weighted by Crippen LogP contribution is 2.48. The van der Waals surface area contributed by atoms with Gasteiger partial charge in [-0.15, -0.1) is 0 Å². The number of aliphatic hydroxyl groups is 1. The molecule has 13 heteroatoms. The molecule has 0 spiro atoms. The summed E-state index contributed by atoms with van der Waals surface area (Å²) >= 11 is 0. The predicted molar refractivity (Wildman–Crippen MR) is 196 cm³/mol. The van der Waals surface area contributed by atoms with Crippen LogP contribution in [0.2, 0.25) is 0 Å². The summed E-state index contributed by atoms with van der Waals surface area (Å²) in [5.41, 5.74) is 6.43. The number of aliphatic hydroxyl groups excluding tert-OH is 1. The van der Waals surface area contributed by atoms with Crippen molar-refractivity contribution in [3.05, 3.63) is 120 Å². The van der Waals surface area contributed by atoms with Crippen LogP contribution in [0.1, 0.15) is 57.1 Å². The van der Waals surface area contributed by atoms with Crippen LogP contribution in [0, 0.1) is 5.92 Å². The smallest absolute Gasteiger partial charge is 0.264 e. The SMILES string of the molecule is O=C(C=CNc1cccc2c1C(=O)N(C1CCC(=O)NC1=O)C2=O)Nc1cccc(-c2ccc3c(c2)[C@H]2[C@H](CCN2Cc2ccncc2)[C@@H](CO)N3)c1. The maximum Gasteiger partial charge on any atom is 0.264 e. The van der Waals surface area contributed by atoms with Gasteiger partial charge in [-0.25, -0.2) is 0 Å². The maximum atomic E-state index is 13.4. The van der Waals surface area contributed by atoms with Crippen molar-refractivity contribution < 1.29 is 29.1 Å². The molecule has 13 nitrogen and oxygen atoms in total. The van der Waals surface area contributed by atoms with Gasteiger partial charge in [0.1, 0.15) is 6.04 Å². The highest BCUT2D eigenvalue weighted by atomic mass is 16.3. The molecule has 1 aromatic heterocycles. The van der Waals surface area contributed by atoms with Gasteiger partial charge < -0.3 is 21.1 Å². The average Bonchev–Trinajstić information content (AvgIpc) is 3.70. The number of rotatable bonds is 9. The summed E-state index contributed by atoms with van der Waals surface area (Å²) in [5, 5.41) is 21.8. The molecule has 4 aromatic rings. The third kappa shape index (κ3) is 6.45. The van der Waals surface area contributed by atoms with E-state index in [-0.39, 0.29) is 48.6 Å². The summed E-state index contributed by atoms with van der Waals surface area (Å²) in [6.45, 7) is 1.77. The number of nitrogens with zero attached hydrogens (tertiary/aromatic N) is 3. The molecule has 0 saturated carbocycles. The molecule has 4 aliphatic rings. The largest absolute Gasteiger partial charge is 0.394 e. The second kappa shape index (κ2) is 14.1. The summed E-state index contributed by atoms with van der Waals surface area (Å²) in [6.07, 6.45) is 7.35. The van der Waals surface area contributed by atoms with Crippen molar-refractivity contribution in [1.29, 1.82) is 0 Å². The van der Waals surface area contributed by atoms with Gasteiger partial charge in [-0.05, 0) is 90.2 Å². The maximum absolute atomic E-state index is 13.4. The van der Waals surface area contributed by atoms with E-state index < -0.39 is 35.6 Å². The average molecular weight is 712 g/mol. The van der Waals surface area contributed by atoms with Crippen molar-refractivity contribution in [3.63, 3.8) is 0 Å². The van der Waals surface area contributed by atoms with Crippen molar-refractivity contribution in [2.45, 2.75) is 43.9 Å². The van der Waals surface area contributed by atoms with Crippen LogP contribution in [0.3, 0.4) is 0 Å². The van der Waals surface area contributed by atoms with Crippen molar-refractivity contribution in [2.24, 2.45) is 5.92 Å². The number of imide groups is 2. The lowest BCUT2D eigenvalue weighted by Gasteiger charge is -2.39. The number of hydrogen-bond acceptors (Lipinski definition) is 10. The lowest BCUT2D eigenvalue weighted by Crippen LogP contribution is -2.54. The van der Waals surface area contributed by atoms with Crippen LogP contribution in [0.15, 0.2) is 97.5 Å². The standard InChI is InChI=1S/C40H37N7O6/c48-22-32-27-14-18-46(21-23-11-15-41-16-12-23)37(27)29-20-25(7-8-30(29)44-32)24-3-1-4-26(19-24)43-35(50)13-17-42-31-6-2-5-28-36(31)40(53)47(39(28)52)33-9-10-34(49)45-38(33)51/h1-8,11-13,15-17,19-20,27,32-33,37,42,44,48H,9-10,14,18,21-22H2,(H,43,50)(H,45,49,51)/t27-,32-,33?,37-/m1/s1. The number of hydrogen-bond donors (Lipinski definition) is 5. The lowest BCUT2D eigenvalue weighted by molar-refractivity contribution is -0.136. The zero-order valence-corrected chi connectivity index (χ0v) is 28.6. The first kappa shape index (κ1) is 33.9. The Morgan fingerprint density at radius 1 is 0.943 bits per heavy atom. The molecular formula is C40H37N7O6. The van der Waals surface area contributed by atoms with Crippen LogP contribution in [-0.2, 0) is 20.9 Å². The van der Waals surface area contributed by atoms with E-state index in [4.69, 9.17) is 0 Å². The Bertz CT molecular complexity index is 2170. The second-order valence-corrected chi connectivity index (χ2v) is 13.7. The van der Waals surface area contributed by atoms with Gasteiger partial charge in [0, 0.05) is 61.0 Å². The van der Waals surface area contributed by atoms with E-state index in [1.165, 1.54) is 29.5 Å². The summed E-state index contributed by atoms with van der Waals surface area (Å²) in [4.78, 5) is 71.1. The van der Waals surface area contributed by atoms with E-state index in [1.54, 1.807) is 18.2 Å². The molecule has 0 radical (unpaired) electrons. The van der Waals surface area contributed by atoms with Crippen LogP contribution in [-0.4, -0.2) is 74.7 Å². The molecule has 268 valence electrons. The number of amides is 5. The highest BCUT2D eigenvalue weighted by Gasteiger charge is 2.46. The predicted octanol–water partition coefficient (Wildman–Crippen LogP) is 4.06. The molecule has 1 unspecified atom stereocenters. The number of likely N-dealkylation sites (tertiary alicyclic amines) is 1. The minimum absolute atomic E-state index is 0.0273. The summed E-state index contributed by atoms with van der Waals surface area (Å²) in [6, 6.07) is 21.7. The zero-order valence-electron chi connectivity index (χ0n) is 28.6. The number of carbonyl (C=O) groups excluding carboxylic acids is 5. The number of benzene rings is 3. The van der Waals surface area contributed by atoms with E-state index in [2.05, 4.69) is 43.3 Å². The van der Waals surface area contributed by atoms with Gasteiger partial charge in [-0.1, -0.05) is 24.3 Å². The second-order valence-electron chi connectivity index (χ2n) is 13.7. The first-order valence-electron chi connectivity index (χ1n) is 17.6. The van der Waals surface area contributed by atoms with Crippen molar-refractivity contribution >= 4 is 46.6 Å². The fourth-order valence-corrected chi connectivity index (χ4v) is 8.04.